The summed E-state index contributed by atoms with van der Waals surface area (Å²) in [6.07, 6.45) is 7.09. The molecule has 1 spiro atoms. The summed E-state index contributed by atoms with van der Waals surface area (Å²) in [6, 6.07) is 11.0. The molecule has 2 bridgehead atoms. The van der Waals surface area contributed by atoms with Crippen molar-refractivity contribution < 1.29 is 23.8 Å². The van der Waals surface area contributed by atoms with Gasteiger partial charge >= 0.3 is 12.1 Å². The van der Waals surface area contributed by atoms with Gasteiger partial charge in [-0.1, -0.05) is 18.2 Å². The molecule has 6 rings (SSSR count). The smallest absolute Gasteiger partial charge is 0.412 e. The van der Waals surface area contributed by atoms with Crippen molar-refractivity contribution in [1.29, 1.82) is 0 Å². The summed E-state index contributed by atoms with van der Waals surface area (Å²) in [5.41, 5.74) is 2.87. The number of likely N-dealkylation sites (tertiary alicyclic amines) is 1. The quantitative estimate of drug-likeness (QED) is 0.369. The van der Waals surface area contributed by atoms with E-state index in [9.17, 15) is 9.59 Å². The number of rotatable bonds is 3. The van der Waals surface area contributed by atoms with Crippen molar-refractivity contribution >= 4 is 17.7 Å². The molecule has 1 N–H and O–H groups in total. The highest BCUT2D eigenvalue weighted by Crippen LogP contribution is 2.62. The summed E-state index contributed by atoms with van der Waals surface area (Å²) in [7, 11) is 2.22. The van der Waals surface area contributed by atoms with Gasteiger partial charge in [-0.2, -0.15) is 0 Å². The fraction of sp³-hybridized carbons (Fsp3) is 0.448. The van der Waals surface area contributed by atoms with Gasteiger partial charge in [0.15, 0.2) is 11.5 Å². The van der Waals surface area contributed by atoms with Crippen LogP contribution in [0.4, 0.5) is 10.5 Å². The molecule has 1 amide bonds. The third-order valence-electron chi connectivity index (χ3n) is 8.05. The Balaban J connectivity index is 1.24. The second-order valence-electron chi connectivity index (χ2n) is 11.4. The minimum atomic E-state index is -0.589. The zero-order chi connectivity index (χ0) is 25.2. The molecule has 7 nitrogen and oxygen atoms in total. The molecule has 7 heteroatoms. The van der Waals surface area contributed by atoms with E-state index in [1.54, 1.807) is 45.0 Å². The Labute approximate surface area is 211 Å². The first kappa shape index (κ1) is 23.1. The number of esters is 1. The maximum Gasteiger partial charge on any atom is 0.412 e. The van der Waals surface area contributed by atoms with Crippen molar-refractivity contribution in [3.8, 4) is 11.5 Å². The zero-order valence-corrected chi connectivity index (χ0v) is 21.2. The van der Waals surface area contributed by atoms with Crippen molar-refractivity contribution in [2.75, 3.05) is 18.9 Å². The van der Waals surface area contributed by atoms with Crippen molar-refractivity contribution in [3.05, 3.63) is 65.2 Å². The minimum Gasteiger partial charge on any atom is -0.485 e. The van der Waals surface area contributed by atoms with Gasteiger partial charge < -0.3 is 19.1 Å². The Morgan fingerprint density at radius 2 is 1.92 bits per heavy atom. The summed E-state index contributed by atoms with van der Waals surface area (Å²) < 4.78 is 17.7. The third-order valence-corrected chi connectivity index (χ3v) is 8.05. The van der Waals surface area contributed by atoms with Gasteiger partial charge in [-0.05, 0) is 83.1 Å². The number of carbonyl (C=O) groups excluding carboxylic acids is 2. The number of benzene rings is 2. The lowest BCUT2D eigenvalue weighted by molar-refractivity contribution is 0.00193. The molecule has 2 aliphatic carbocycles. The number of piperidine rings is 1. The molecule has 4 atom stereocenters. The lowest BCUT2D eigenvalue weighted by Gasteiger charge is -2.55. The molecule has 2 aromatic rings. The third kappa shape index (κ3) is 3.60. The lowest BCUT2D eigenvalue weighted by Crippen LogP contribution is -2.62. The van der Waals surface area contributed by atoms with Crippen molar-refractivity contribution in [1.82, 2.24) is 4.90 Å². The van der Waals surface area contributed by atoms with Crippen LogP contribution in [0.5, 0.6) is 11.5 Å². The maximum atomic E-state index is 13.1. The predicted molar refractivity (Wildman–Crippen MR) is 136 cm³/mol. The summed E-state index contributed by atoms with van der Waals surface area (Å²) in [5.74, 6) is 1.18. The Kier molecular flexibility index (Phi) is 5.20. The van der Waals surface area contributed by atoms with E-state index >= 15 is 0 Å². The van der Waals surface area contributed by atoms with E-state index in [0.717, 1.165) is 31.6 Å². The van der Waals surface area contributed by atoms with E-state index in [1.807, 2.05) is 6.07 Å². The summed E-state index contributed by atoms with van der Waals surface area (Å²) in [4.78, 5) is 27.6. The highest BCUT2D eigenvalue weighted by molar-refractivity contribution is 5.93. The van der Waals surface area contributed by atoms with Crippen LogP contribution in [0.15, 0.2) is 48.6 Å². The average molecular weight is 489 g/mol. The number of carbonyl (C=O) groups is 2. The van der Waals surface area contributed by atoms with E-state index < -0.39 is 17.7 Å². The van der Waals surface area contributed by atoms with Gasteiger partial charge in [0, 0.05) is 35.0 Å². The molecular formula is C29H32N2O5. The van der Waals surface area contributed by atoms with Crippen LogP contribution in [-0.2, 0) is 16.6 Å². The van der Waals surface area contributed by atoms with Crippen LogP contribution in [0.1, 0.15) is 55.1 Å². The second-order valence-corrected chi connectivity index (χ2v) is 11.4. The van der Waals surface area contributed by atoms with E-state index in [1.165, 1.54) is 11.1 Å². The van der Waals surface area contributed by atoms with Crippen LogP contribution in [0.2, 0.25) is 0 Å². The zero-order valence-electron chi connectivity index (χ0n) is 21.2. The first-order valence-corrected chi connectivity index (χ1v) is 12.7. The van der Waals surface area contributed by atoms with Crippen LogP contribution >= 0.6 is 0 Å². The van der Waals surface area contributed by atoms with Crippen LogP contribution < -0.4 is 14.8 Å². The van der Waals surface area contributed by atoms with Gasteiger partial charge in [0.1, 0.15) is 11.7 Å². The number of likely N-dealkylation sites (N-methyl/N-ethyl adjacent to an activating group) is 1. The van der Waals surface area contributed by atoms with Gasteiger partial charge in [0.25, 0.3) is 0 Å². The molecule has 1 saturated heterocycles. The highest BCUT2D eigenvalue weighted by Gasteiger charge is 2.62. The van der Waals surface area contributed by atoms with E-state index in [0.29, 0.717) is 29.0 Å². The normalized spacial score (nSPS) is 27.6. The van der Waals surface area contributed by atoms with E-state index in [2.05, 4.69) is 35.5 Å². The fourth-order valence-electron chi connectivity index (χ4n) is 6.55. The Morgan fingerprint density at radius 3 is 2.67 bits per heavy atom. The van der Waals surface area contributed by atoms with Gasteiger partial charge in [-0.25, -0.2) is 9.59 Å². The highest BCUT2D eigenvalue weighted by atomic mass is 16.6. The standard InChI is InChI=1S/C29H32N2O5/c1-28(2,3)36-27(33)30-19-11-8-17(9-12-19)26(32)34-22-13-10-18-16-21-20-6-5-7-23-29(20,14-15-31(21)4)24(18)25(22)35-23/h5-6,8-13,20-21,23H,7,14-16H2,1-4H3,(H,30,33). The van der Waals surface area contributed by atoms with Crippen molar-refractivity contribution in [2.45, 2.75) is 63.2 Å². The first-order chi connectivity index (χ1) is 17.2. The SMILES string of the molecule is CN1CCC23c4c5ccc(OC(=O)c6ccc(NC(=O)OC(C)(C)C)cc6)c4OC2CC=CC3C1C5. The van der Waals surface area contributed by atoms with Gasteiger partial charge in [-0.15, -0.1) is 0 Å². The molecule has 0 aromatic heterocycles. The molecule has 36 heavy (non-hydrogen) atoms. The molecule has 1 fully saturated rings. The predicted octanol–water partition coefficient (Wildman–Crippen LogP) is 5.09. The Bertz CT molecular complexity index is 1260. The molecule has 188 valence electrons. The molecule has 2 aromatic carbocycles. The van der Waals surface area contributed by atoms with Gasteiger partial charge in [-0.3, -0.25) is 5.32 Å². The molecule has 0 radical (unpaired) electrons. The topological polar surface area (TPSA) is 77.1 Å². The van der Waals surface area contributed by atoms with Gasteiger partial charge in [0.2, 0.25) is 0 Å². The van der Waals surface area contributed by atoms with Crippen molar-refractivity contribution in [3.63, 3.8) is 0 Å². The second kappa shape index (κ2) is 8.10. The molecule has 4 aliphatic rings. The van der Waals surface area contributed by atoms with Gasteiger partial charge in [0.05, 0.1) is 5.56 Å². The summed E-state index contributed by atoms with van der Waals surface area (Å²) in [5, 5.41) is 2.67. The minimum absolute atomic E-state index is 0.0355. The molecule has 2 aliphatic heterocycles. The summed E-state index contributed by atoms with van der Waals surface area (Å²) in [6.45, 7) is 6.45. The molecule has 0 saturated carbocycles. The van der Waals surface area contributed by atoms with E-state index in [-0.39, 0.29) is 11.5 Å². The van der Waals surface area contributed by atoms with Crippen molar-refractivity contribution in [2.24, 2.45) is 5.92 Å². The van der Waals surface area contributed by atoms with E-state index in [4.69, 9.17) is 14.2 Å². The number of ether oxygens (including phenoxy) is 3. The number of nitrogens with one attached hydrogen (secondary N) is 1. The maximum absolute atomic E-state index is 13.1. The number of anilines is 1. The van der Waals surface area contributed by atoms with Crippen LogP contribution in [0.3, 0.4) is 0 Å². The number of hydrogen-bond acceptors (Lipinski definition) is 6. The molecule has 2 heterocycles. The number of amides is 1. The van der Waals surface area contributed by atoms with Crippen LogP contribution in [0.25, 0.3) is 0 Å². The monoisotopic (exact) mass is 488 g/mol. The molecular weight excluding hydrogens is 456 g/mol. The van der Waals surface area contributed by atoms with Crippen LogP contribution in [-0.4, -0.2) is 48.3 Å². The summed E-state index contributed by atoms with van der Waals surface area (Å²) >= 11 is 0. The number of nitrogens with zero attached hydrogens (tertiary/aromatic N) is 1. The van der Waals surface area contributed by atoms with Crippen LogP contribution in [0, 0.1) is 5.92 Å². The largest absolute Gasteiger partial charge is 0.485 e. The first-order valence-electron chi connectivity index (χ1n) is 12.7. The molecule has 4 unspecified atom stereocenters. The fourth-order valence-corrected chi connectivity index (χ4v) is 6.55. The number of hydrogen-bond donors (Lipinski definition) is 1. The lowest BCUT2D eigenvalue weighted by atomic mass is 9.54. The Hall–Kier alpha value is -3.32. The average Bonchev–Trinajstić information content (AvgIpc) is 3.16. The Morgan fingerprint density at radius 1 is 1.14 bits per heavy atom.